The molecular formula is C32H52B2O6. The van der Waals surface area contributed by atoms with Crippen LogP contribution in [0.2, 0.25) is 0 Å². The van der Waals surface area contributed by atoms with Gasteiger partial charge in [0.05, 0.1) is 24.7 Å². The number of ether oxygens (including phenoxy) is 2. The van der Waals surface area contributed by atoms with Gasteiger partial charge < -0.3 is 28.1 Å². The third-order valence-electron chi connectivity index (χ3n) is 7.81. The summed E-state index contributed by atoms with van der Waals surface area (Å²) in [5.41, 5.74) is 0.378. The van der Waals surface area contributed by atoms with E-state index in [1.807, 2.05) is 39.8 Å². The molecule has 1 aromatic carbocycles. The molecular weight excluding hydrogens is 502 g/mol. The minimum atomic E-state index is -0.635. The Morgan fingerprint density at radius 1 is 0.600 bits per heavy atom. The fraction of sp³-hybridized carbons (Fsp3) is 0.688. The Hall–Kier alpha value is -2.05. The van der Waals surface area contributed by atoms with Crippen molar-refractivity contribution in [2.45, 2.75) is 130 Å². The molecule has 0 radical (unpaired) electrons. The van der Waals surface area contributed by atoms with Crippen molar-refractivity contribution < 1.29 is 28.1 Å². The Bertz CT molecular complexity index is 899. The Kier molecular flexibility index (Phi) is 12.4. The zero-order chi connectivity index (χ0) is 29.2. The van der Waals surface area contributed by atoms with Crippen LogP contribution in [0.3, 0.4) is 0 Å². The molecule has 0 unspecified atom stereocenters. The monoisotopic (exact) mass is 554 g/mol. The molecule has 40 heavy (non-hydrogen) atoms. The maximum Gasteiger partial charge on any atom is 0.567 e. The van der Waals surface area contributed by atoms with Crippen LogP contribution < -0.4 is 20.4 Å². The predicted octanol–water partition coefficient (Wildman–Crippen LogP) is 7.23. The van der Waals surface area contributed by atoms with Crippen molar-refractivity contribution in [2.24, 2.45) is 0 Å². The summed E-state index contributed by atoms with van der Waals surface area (Å²) in [4.78, 5) is 0. The van der Waals surface area contributed by atoms with Gasteiger partial charge in [-0.3, -0.25) is 0 Å². The highest BCUT2D eigenvalue weighted by Crippen LogP contribution is 2.33. The first kappa shape index (κ1) is 32.5. The average molecular weight is 554 g/mol. The molecule has 0 aliphatic carbocycles. The number of hydrogen-bond acceptors (Lipinski definition) is 6. The molecule has 2 aliphatic heterocycles. The largest absolute Gasteiger partial charge is 0.567 e. The van der Waals surface area contributed by atoms with Gasteiger partial charge in [0.1, 0.15) is 22.7 Å². The SMILES string of the molecule is C=C1OB(c2cc(OCCCCCCCC)c(B3OC(=C)C(C)(C)O3)cc2OCCCCCCCC)OC1(C)C. The highest BCUT2D eigenvalue weighted by molar-refractivity contribution is 6.66. The molecule has 222 valence electrons. The van der Waals surface area contributed by atoms with E-state index in [-0.39, 0.29) is 0 Å². The highest BCUT2D eigenvalue weighted by Gasteiger charge is 2.47. The second-order valence-electron chi connectivity index (χ2n) is 12.2. The van der Waals surface area contributed by atoms with Gasteiger partial charge in [0, 0.05) is 10.9 Å². The van der Waals surface area contributed by atoms with Gasteiger partial charge in [-0.05, 0) is 52.7 Å². The standard InChI is InChI=1S/C32H52B2O6/c1-9-11-13-15-17-19-21-35-29-23-28(34-38-26(4)32(7,8)40-34)30(36-22-20-18-16-14-12-10-2)24-27(29)33-37-25(3)31(5,6)39-33/h23-24H,3-4,9-22H2,1-2,5-8H3. The van der Waals surface area contributed by atoms with Crippen LogP contribution in [0.1, 0.15) is 119 Å². The zero-order valence-corrected chi connectivity index (χ0v) is 26.1. The number of unbranched alkanes of at least 4 members (excludes halogenated alkanes) is 10. The van der Waals surface area contributed by atoms with E-state index >= 15 is 0 Å². The molecule has 0 amide bonds. The normalized spacial score (nSPS) is 17.8. The van der Waals surface area contributed by atoms with Crippen molar-refractivity contribution in [3.05, 3.63) is 36.8 Å². The van der Waals surface area contributed by atoms with E-state index in [9.17, 15) is 0 Å². The van der Waals surface area contributed by atoms with Gasteiger partial charge in [0.2, 0.25) is 0 Å². The number of rotatable bonds is 18. The molecule has 6 nitrogen and oxygen atoms in total. The maximum absolute atomic E-state index is 6.40. The maximum atomic E-state index is 6.40. The minimum absolute atomic E-state index is 0.596. The molecule has 0 spiro atoms. The topological polar surface area (TPSA) is 55.4 Å². The summed E-state index contributed by atoms with van der Waals surface area (Å²) in [5.74, 6) is 2.57. The molecule has 0 N–H and O–H groups in total. The predicted molar refractivity (Wildman–Crippen MR) is 166 cm³/mol. The molecule has 2 heterocycles. The summed E-state index contributed by atoms with van der Waals surface area (Å²) in [6.45, 7) is 21.7. The quantitative estimate of drug-likeness (QED) is 0.141. The lowest BCUT2D eigenvalue weighted by Crippen LogP contribution is -2.40. The number of benzene rings is 1. The summed E-state index contributed by atoms with van der Waals surface area (Å²) >= 11 is 0. The average Bonchev–Trinajstić information content (AvgIpc) is 3.34. The van der Waals surface area contributed by atoms with E-state index in [4.69, 9.17) is 28.1 Å². The van der Waals surface area contributed by atoms with Gasteiger partial charge in [-0.1, -0.05) is 91.2 Å². The minimum Gasteiger partial charge on any atom is -0.534 e. The fourth-order valence-electron chi connectivity index (χ4n) is 4.85. The van der Waals surface area contributed by atoms with Crippen LogP contribution in [0.4, 0.5) is 0 Å². The van der Waals surface area contributed by atoms with Crippen LogP contribution in [-0.4, -0.2) is 38.7 Å². The first-order chi connectivity index (χ1) is 19.1. The van der Waals surface area contributed by atoms with Crippen molar-refractivity contribution in [3.63, 3.8) is 0 Å². The van der Waals surface area contributed by atoms with E-state index in [1.54, 1.807) is 0 Å². The molecule has 2 fully saturated rings. The molecule has 0 aromatic heterocycles. The third kappa shape index (κ3) is 8.97. The lowest BCUT2D eigenvalue weighted by molar-refractivity contribution is 0.172. The molecule has 3 rings (SSSR count). The Morgan fingerprint density at radius 3 is 1.27 bits per heavy atom. The first-order valence-electron chi connectivity index (χ1n) is 15.6. The summed E-state index contributed by atoms with van der Waals surface area (Å²) in [6, 6.07) is 3.95. The van der Waals surface area contributed by atoms with E-state index in [2.05, 4.69) is 27.0 Å². The van der Waals surface area contributed by atoms with E-state index in [1.165, 1.54) is 51.4 Å². The summed E-state index contributed by atoms with van der Waals surface area (Å²) < 4.78 is 37.5. The van der Waals surface area contributed by atoms with Crippen LogP contribution in [-0.2, 0) is 18.6 Å². The van der Waals surface area contributed by atoms with Crippen LogP contribution in [0.5, 0.6) is 11.5 Å². The fourth-order valence-corrected chi connectivity index (χ4v) is 4.85. The second kappa shape index (κ2) is 15.3. The van der Waals surface area contributed by atoms with Gasteiger partial charge in [0.25, 0.3) is 0 Å². The Morgan fingerprint density at radius 2 is 0.950 bits per heavy atom. The highest BCUT2D eigenvalue weighted by atomic mass is 16.7. The van der Waals surface area contributed by atoms with Crippen LogP contribution in [0.25, 0.3) is 0 Å². The van der Waals surface area contributed by atoms with Crippen molar-refractivity contribution in [3.8, 4) is 11.5 Å². The molecule has 2 aliphatic rings. The third-order valence-corrected chi connectivity index (χ3v) is 7.81. The van der Waals surface area contributed by atoms with Gasteiger partial charge in [0.15, 0.2) is 0 Å². The van der Waals surface area contributed by atoms with Crippen molar-refractivity contribution >= 4 is 25.2 Å². The lowest BCUT2D eigenvalue weighted by atomic mass is 9.72. The van der Waals surface area contributed by atoms with Gasteiger partial charge >= 0.3 is 14.2 Å². The smallest absolute Gasteiger partial charge is 0.534 e. The second-order valence-corrected chi connectivity index (χ2v) is 12.2. The van der Waals surface area contributed by atoms with Gasteiger partial charge in [-0.2, -0.15) is 0 Å². The van der Waals surface area contributed by atoms with Crippen LogP contribution in [0.15, 0.2) is 36.8 Å². The summed E-state index contributed by atoms with van der Waals surface area (Å²) in [6.07, 6.45) is 14.3. The van der Waals surface area contributed by atoms with Crippen LogP contribution in [0, 0.1) is 0 Å². The molecule has 8 heteroatoms. The van der Waals surface area contributed by atoms with Crippen molar-refractivity contribution in [1.29, 1.82) is 0 Å². The molecule has 2 saturated heterocycles. The van der Waals surface area contributed by atoms with Gasteiger partial charge in [-0.15, -0.1) is 0 Å². The summed E-state index contributed by atoms with van der Waals surface area (Å²) in [7, 11) is -1.27. The molecule has 1 aromatic rings. The molecule has 0 bridgehead atoms. The zero-order valence-electron chi connectivity index (χ0n) is 26.1. The molecule has 0 atom stereocenters. The number of hydrogen-bond donors (Lipinski definition) is 0. The lowest BCUT2D eigenvalue weighted by Gasteiger charge is -2.20. The molecule has 0 saturated carbocycles. The van der Waals surface area contributed by atoms with Gasteiger partial charge in [-0.25, -0.2) is 0 Å². The first-order valence-corrected chi connectivity index (χ1v) is 15.6. The van der Waals surface area contributed by atoms with Crippen molar-refractivity contribution in [1.82, 2.24) is 0 Å². The van der Waals surface area contributed by atoms with E-state index in [0.29, 0.717) is 36.2 Å². The van der Waals surface area contributed by atoms with E-state index < -0.39 is 25.4 Å². The van der Waals surface area contributed by atoms with Crippen molar-refractivity contribution in [2.75, 3.05) is 13.2 Å². The Labute approximate surface area is 244 Å². The van der Waals surface area contributed by atoms with E-state index in [0.717, 1.165) is 36.6 Å². The summed E-state index contributed by atoms with van der Waals surface area (Å²) in [5, 5.41) is 0. The van der Waals surface area contributed by atoms with Crippen LogP contribution >= 0.6 is 0 Å². The Balaban J connectivity index is 1.84.